The quantitative estimate of drug-likeness (QED) is 0.480. The number of carbonyl (C=O) groups excluding carboxylic acids is 2. The summed E-state index contributed by atoms with van der Waals surface area (Å²) in [5.74, 6) is 0.143. The Bertz CT molecular complexity index is 582. The highest BCUT2D eigenvalue weighted by atomic mass is 32.2. The minimum atomic E-state index is -0.0676. The van der Waals surface area contributed by atoms with Crippen molar-refractivity contribution in [1.82, 2.24) is 16.0 Å². The van der Waals surface area contributed by atoms with E-state index in [9.17, 15) is 9.59 Å². The number of ether oxygens (including phenoxy) is 1. The SMILES string of the molecule is COCCNC(=O)CSc1ccccc1C(=O)NC1CCNC(C)C1. The van der Waals surface area contributed by atoms with E-state index < -0.39 is 0 Å². The van der Waals surface area contributed by atoms with Gasteiger partial charge in [0.05, 0.1) is 17.9 Å². The summed E-state index contributed by atoms with van der Waals surface area (Å²) in [7, 11) is 1.60. The molecule has 1 fully saturated rings. The van der Waals surface area contributed by atoms with E-state index in [0.717, 1.165) is 24.3 Å². The molecule has 2 amide bonds. The van der Waals surface area contributed by atoms with Crippen molar-refractivity contribution in [3.8, 4) is 0 Å². The van der Waals surface area contributed by atoms with Crippen molar-refractivity contribution in [3.63, 3.8) is 0 Å². The molecule has 1 heterocycles. The molecule has 25 heavy (non-hydrogen) atoms. The van der Waals surface area contributed by atoms with Crippen LogP contribution in [0, 0.1) is 0 Å². The Hall–Kier alpha value is -1.57. The number of piperidine rings is 1. The van der Waals surface area contributed by atoms with Gasteiger partial charge in [0.15, 0.2) is 0 Å². The monoisotopic (exact) mass is 365 g/mol. The van der Waals surface area contributed by atoms with E-state index in [0.29, 0.717) is 24.8 Å². The molecule has 0 aromatic heterocycles. The molecule has 0 radical (unpaired) electrons. The highest BCUT2D eigenvalue weighted by Crippen LogP contribution is 2.23. The zero-order valence-corrected chi connectivity index (χ0v) is 15.7. The van der Waals surface area contributed by atoms with Crippen LogP contribution in [0.5, 0.6) is 0 Å². The van der Waals surface area contributed by atoms with Crippen LogP contribution >= 0.6 is 11.8 Å². The third-order valence-corrected chi connectivity index (χ3v) is 5.15. The first-order chi connectivity index (χ1) is 12.1. The van der Waals surface area contributed by atoms with Gasteiger partial charge in [0.1, 0.15) is 0 Å². The maximum atomic E-state index is 12.6. The summed E-state index contributed by atoms with van der Waals surface area (Å²) in [5.41, 5.74) is 0.628. The number of amides is 2. The van der Waals surface area contributed by atoms with E-state index in [1.165, 1.54) is 11.8 Å². The molecule has 2 atom stereocenters. The number of benzene rings is 1. The summed E-state index contributed by atoms with van der Waals surface area (Å²) < 4.78 is 4.91. The third-order valence-electron chi connectivity index (χ3n) is 4.08. The maximum absolute atomic E-state index is 12.6. The molecular formula is C18H27N3O3S. The van der Waals surface area contributed by atoms with Crippen LogP contribution in [-0.2, 0) is 9.53 Å². The Labute approximate surface area is 153 Å². The summed E-state index contributed by atoms with van der Waals surface area (Å²) in [6, 6.07) is 8.04. The standard InChI is InChI=1S/C18H27N3O3S/c1-13-11-14(7-8-19-13)21-18(23)15-5-3-4-6-16(15)25-12-17(22)20-9-10-24-2/h3-6,13-14,19H,7-12H2,1-2H3,(H,20,22)(H,21,23). The first-order valence-electron chi connectivity index (χ1n) is 8.62. The van der Waals surface area contributed by atoms with Crippen LogP contribution in [0.2, 0.25) is 0 Å². The van der Waals surface area contributed by atoms with Crippen molar-refractivity contribution in [3.05, 3.63) is 29.8 Å². The fraction of sp³-hybridized carbons (Fsp3) is 0.556. The third kappa shape index (κ3) is 6.68. The second-order valence-corrected chi connectivity index (χ2v) is 7.19. The molecule has 2 unspecified atom stereocenters. The van der Waals surface area contributed by atoms with Gasteiger partial charge in [0.25, 0.3) is 5.91 Å². The number of carbonyl (C=O) groups is 2. The van der Waals surface area contributed by atoms with Gasteiger partial charge in [-0.1, -0.05) is 12.1 Å². The number of hydrogen-bond donors (Lipinski definition) is 3. The van der Waals surface area contributed by atoms with Crippen LogP contribution in [0.1, 0.15) is 30.1 Å². The van der Waals surface area contributed by atoms with E-state index >= 15 is 0 Å². The lowest BCUT2D eigenvalue weighted by molar-refractivity contribution is -0.118. The number of rotatable bonds is 8. The molecule has 0 aliphatic carbocycles. The lowest BCUT2D eigenvalue weighted by Gasteiger charge is -2.28. The predicted molar refractivity (Wildman–Crippen MR) is 100 cm³/mol. The average Bonchev–Trinajstić information content (AvgIpc) is 2.60. The van der Waals surface area contributed by atoms with Crippen LogP contribution in [0.15, 0.2) is 29.2 Å². The molecule has 0 saturated carbocycles. The maximum Gasteiger partial charge on any atom is 0.252 e. The molecule has 1 aromatic carbocycles. The molecule has 2 rings (SSSR count). The van der Waals surface area contributed by atoms with E-state index in [1.807, 2.05) is 24.3 Å². The van der Waals surface area contributed by atoms with Gasteiger partial charge in [-0.2, -0.15) is 0 Å². The Morgan fingerprint density at radius 2 is 2.16 bits per heavy atom. The zero-order valence-electron chi connectivity index (χ0n) is 14.8. The van der Waals surface area contributed by atoms with Crippen LogP contribution in [-0.4, -0.2) is 56.5 Å². The van der Waals surface area contributed by atoms with Gasteiger partial charge >= 0.3 is 0 Å². The molecule has 1 aromatic rings. The Balaban J connectivity index is 1.90. The highest BCUT2D eigenvalue weighted by Gasteiger charge is 2.21. The molecule has 0 spiro atoms. The molecule has 6 nitrogen and oxygen atoms in total. The minimum Gasteiger partial charge on any atom is -0.383 e. The topological polar surface area (TPSA) is 79.5 Å². The van der Waals surface area contributed by atoms with Crippen molar-refractivity contribution in [2.24, 2.45) is 0 Å². The normalized spacial score (nSPS) is 20.1. The first-order valence-corrected chi connectivity index (χ1v) is 9.60. The van der Waals surface area contributed by atoms with E-state index in [1.54, 1.807) is 7.11 Å². The van der Waals surface area contributed by atoms with E-state index in [2.05, 4.69) is 22.9 Å². The summed E-state index contributed by atoms with van der Waals surface area (Å²) in [6.45, 7) is 4.03. The lowest BCUT2D eigenvalue weighted by atomic mass is 10.0. The zero-order chi connectivity index (χ0) is 18.1. The molecule has 1 saturated heterocycles. The Morgan fingerprint density at radius 1 is 1.36 bits per heavy atom. The summed E-state index contributed by atoms with van der Waals surface area (Å²) >= 11 is 1.38. The van der Waals surface area contributed by atoms with Crippen molar-refractivity contribution in [2.75, 3.05) is 32.6 Å². The van der Waals surface area contributed by atoms with Gasteiger partial charge in [-0.3, -0.25) is 9.59 Å². The lowest BCUT2D eigenvalue weighted by Crippen LogP contribution is -2.46. The second-order valence-electron chi connectivity index (χ2n) is 6.18. The smallest absolute Gasteiger partial charge is 0.252 e. The number of thioether (sulfide) groups is 1. The molecule has 1 aliphatic heterocycles. The van der Waals surface area contributed by atoms with Gasteiger partial charge < -0.3 is 20.7 Å². The van der Waals surface area contributed by atoms with Crippen molar-refractivity contribution in [1.29, 1.82) is 0 Å². The molecule has 7 heteroatoms. The predicted octanol–water partition coefficient (Wildman–Crippen LogP) is 1.41. The molecule has 138 valence electrons. The van der Waals surface area contributed by atoms with Gasteiger partial charge in [0.2, 0.25) is 5.91 Å². The van der Waals surface area contributed by atoms with Gasteiger partial charge in [-0.15, -0.1) is 11.8 Å². The highest BCUT2D eigenvalue weighted by molar-refractivity contribution is 8.00. The molecule has 0 bridgehead atoms. The fourth-order valence-electron chi connectivity index (χ4n) is 2.79. The van der Waals surface area contributed by atoms with Gasteiger partial charge in [-0.25, -0.2) is 0 Å². The van der Waals surface area contributed by atoms with Crippen LogP contribution < -0.4 is 16.0 Å². The molecule has 3 N–H and O–H groups in total. The van der Waals surface area contributed by atoms with Crippen molar-refractivity contribution >= 4 is 23.6 Å². The second kappa shape index (κ2) is 10.4. The summed E-state index contributed by atoms with van der Waals surface area (Å²) in [4.78, 5) is 25.3. The van der Waals surface area contributed by atoms with Crippen molar-refractivity contribution in [2.45, 2.75) is 36.7 Å². The van der Waals surface area contributed by atoms with Gasteiger partial charge in [-0.05, 0) is 38.4 Å². The molecular weight excluding hydrogens is 338 g/mol. The summed E-state index contributed by atoms with van der Waals surface area (Å²) in [5, 5.41) is 9.29. The minimum absolute atomic E-state index is 0.0653. The number of methoxy groups -OCH3 is 1. The van der Waals surface area contributed by atoms with Gasteiger partial charge in [0, 0.05) is 30.6 Å². The molecule has 1 aliphatic rings. The largest absolute Gasteiger partial charge is 0.383 e. The van der Waals surface area contributed by atoms with E-state index in [-0.39, 0.29) is 23.6 Å². The summed E-state index contributed by atoms with van der Waals surface area (Å²) in [6.07, 6.45) is 1.87. The fourth-order valence-corrected chi connectivity index (χ4v) is 3.67. The van der Waals surface area contributed by atoms with Crippen LogP contribution in [0.25, 0.3) is 0 Å². The number of nitrogens with one attached hydrogen (secondary N) is 3. The Morgan fingerprint density at radius 3 is 2.92 bits per heavy atom. The average molecular weight is 365 g/mol. The van der Waals surface area contributed by atoms with E-state index in [4.69, 9.17) is 4.74 Å². The Kier molecular flexibility index (Phi) is 8.24. The number of hydrogen-bond acceptors (Lipinski definition) is 5. The first kappa shape index (κ1) is 19.8. The van der Waals surface area contributed by atoms with Crippen LogP contribution in [0.4, 0.5) is 0 Å². The van der Waals surface area contributed by atoms with Crippen molar-refractivity contribution < 1.29 is 14.3 Å². The van der Waals surface area contributed by atoms with Crippen LogP contribution in [0.3, 0.4) is 0 Å².